The van der Waals surface area contributed by atoms with Gasteiger partial charge in [-0.2, -0.15) is 0 Å². The van der Waals surface area contributed by atoms with Crippen LogP contribution in [0.4, 0.5) is 0 Å². The summed E-state index contributed by atoms with van der Waals surface area (Å²) in [7, 11) is 0. The summed E-state index contributed by atoms with van der Waals surface area (Å²) >= 11 is 0. The van der Waals surface area contributed by atoms with Crippen LogP contribution in [0.1, 0.15) is 51.1 Å². The minimum Gasteiger partial charge on any atom is -0.462 e. The fraction of sp³-hybridized carbons (Fsp3) is 0.611. The molecule has 0 aliphatic heterocycles. The van der Waals surface area contributed by atoms with Crippen molar-refractivity contribution in [2.45, 2.75) is 52.6 Å². The predicted molar refractivity (Wildman–Crippen MR) is 81.7 cm³/mol. The summed E-state index contributed by atoms with van der Waals surface area (Å²) in [5.41, 5.74) is 0.566. The van der Waals surface area contributed by atoms with E-state index in [0.717, 1.165) is 42.8 Å². The molecule has 4 atom stereocenters. The molecule has 2 aliphatic carbocycles. The van der Waals surface area contributed by atoms with Gasteiger partial charge in [0.25, 0.3) is 0 Å². The van der Waals surface area contributed by atoms with Crippen molar-refractivity contribution in [3.8, 4) is 0 Å². The van der Waals surface area contributed by atoms with Crippen LogP contribution in [0.3, 0.4) is 0 Å². The first kappa shape index (κ1) is 14.6. The molecule has 3 heteroatoms. The van der Waals surface area contributed by atoms with Crippen LogP contribution < -0.4 is 0 Å². The second-order valence-electron chi connectivity index (χ2n) is 6.97. The van der Waals surface area contributed by atoms with Crippen molar-refractivity contribution < 1.29 is 14.3 Å². The molecule has 0 spiro atoms. The number of allylic oxidation sites excluding steroid dienone is 1. The molecule has 0 bridgehead atoms. The Kier molecular flexibility index (Phi) is 3.56. The normalized spacial score (nSPS) is 38.6. The fourth-order valence-corrected chi connectivity index (χ4v) is 4.24. The number of hydrogen-bond donors (Lipinski definition) is 1. The first-order valence-corrected chi connectivity index (χ1v) is 7.91. The third-order valence-corrected chi connectivity index (χ3v) is 5.63. The van der Waals surface area contributed by atoms with Crippen molar-refractivity contribution in [3.05, 3.63) is 29.2 Å². The number of Topliss-reactive ketones (excluding diaryl/α,β-unsaturated/α-hetero) is 1. The third-order valence-electron chi connectivity index (χ3n) is 5.63. The van der Waals surface area contributed by atoms with Gasteiger partial charge in [-0.1, -0.05) is 13.8 Å². The van der Waals surface area contributed by atoms with E-state index in [1.165, 1.54) is 0 Å². The molecule has 2 unspecified atom stereocenters. The number of carbonyl (C=O) groups is 1. The number of aliphatic hydroxyl groups excluding tert-OH is 1. The number of carbonyl (C=O) groups excluding carboxylic acids is 1. The van der Waals surface area contributed by atoms with Gasteiger partial charge in [-0.3, -0.25) is 4.79 Å². The smallest absolute Gasteiger partial charge is 0.165 e. The van der Waals surface area contributed by atoms with Crippen LogP contribution in [-0.4, -0.2) is 17.0 Å². The summed E-state index contributed by atoms with van der Waals surface area (Å²) in [6, 6.07) is 3.83. The largest absolute Gasteiger partial charge is 0.462 e. The van der Waals surface area contributed by atoms with Gasteiger partial charge in [0, 0.05) is 5.41 Å². The molecule has 0 saturated heterocycles. The van der Waals surface area contributed by atoms with E-state index in [1.807, 2.05) is 25.1 Å². The van der Waals surface area contributed by atoms with Gasteiger partial charge in [0.2, 0.25) is 0 Å². The van der Waals surface area contributed by atoms with E-state index in [9.17, 15) is 9.90 Å². The Hall–Kier alpha value is -1.35. The van der Waals surface area contributed by atoms with E-state index in [2.05, 4.69) is 13.8 Å². The molecule has 1 N–H and O–H groups in total. The summed E-state index contributed by atoms with van der Waals surface area (Å²) in [5, 5.41) is 10.1. The van der Waals surface area contributed by atoms with Gasteiger partial charge in [0.1, 0.15) is 11.5 Å². The Morgan fingerprint density at radius 2 is 2.14 bits per heavy atom. The number of rotatable bonds is 1. The molecule has 114 valence electrons. The maximum absolute atomic E-state index is 13.0. The van der Waals surface area contributed by atoms with Gasteiger partial charge in [-0.15, -0.1) is 0 Å². The highest BCUT2D eigenvalue weighted by Crippen LogP contribution is 2.52. The zero-order valence-electron chi connectivity index (χ0n) is 13.1. The SMILES string of the molecule is Cc1ccc(C=C2CCC3[C@H](C)C(O)CC[C@]3(C)C2=O)o1. The molecule has 2 fully saturated rings. The molecule has 2 saturated carbocycles. The van der Waals surface area contributed by atoms with Gasteiger partial charge in [0.05, 0.1) is 6.10 Å². The molecule has 3 rings (SSSR count). The number of hydrogen-bond acceptors (Lipinski definition) is 3. The molecule has 0 amide bonds. The maximum Gasteiger partial charge on any atom is 0.165 e. The van der Waals surface area contributed by atoms with E-state index in [1.54, 1.807) is 0 Å². The van der Waals surface area contributed by atoms with E-state index in [-0.39, 0.29) is 23.2 Å². The van der Waals surface area contributed by atoms with Gasteiger partial charge < -0.3 is 9.52 Å². The highest BCUT2D eigenvalue weighted by Gasteiger charge is 2.51. The number of ketones is 1. The summed E-state index contributed by atoms with van der Waals surface area (Å²) in [6.07, 6.45) is 4.94. The van der Waals surface area contributed by atoms with E-state index < -0.39 is 0 Å². The quantitative estimate of drug-likeness (QED) is 0.801. The Labute approximate surface area is 126 Å². The lowest BCUT2D eigenvalue weighted by molar-refractivity contribution is -0.138. The molecule has 0 aromatic carbocycles. The molecule has 3 nitrogen and oxygen atoms in total. The Morgan fingerprint density at radius 3 is 2.81 bits per heavy atom. The zero-order valence-corrected chi connectivity index (χ0v) is 13.1. The van der Waals surface area contributed by atoms with Crippen molar-refractivity contribution in [1.29, 1.82) is 0 Å². The molecule has 2 aliphatic rings. The van der Waals surface area contributed by atoms with Crippen LogP contribution in [-0.2, 0) is 4.79 Å². The number of aliphatic hydroxyl groups is 1. The topological polar surface area (TPSA) is 50.4 Å². The van der Waals surface area contributed by atoms with Crippen LogP contribution in [0.2, 0.25) is 0 Å². The van der Waals surface area contributed by atoms with Crippen molar-refractivity contribution >= 4 is 11.9 Å². The van der Waals surface area contributed by atoms with E-state index >= 15 is 0 Å². The first-order valence-electron chi connectivity index (χ1n) is 7.91. The molecule has 21 heavy (non-hydrogen) atoms. The summed E-state index contributed by atoms with van der Waals surface area (Å²) in [4.78, 5) is 13.0. The minimum absolute atomic E-state index is 0.208. The average molecular weight is 288 g/mol. The van der Waals surface area contributed by atoms with Crippen LogP contribution in [0.15, 0.2) is 22.1 Å². The van der Waals surface area contributed by atoms with Crippen LogP contribution in [0.25, 0.3) is 6.08 Å². The molecule has 0 radical (unpaired) electrons. The lowest BCUT2D eigenvalue weighted by atomic mass is 9.55. The van der Waals surface area contributed by atoms with E-state index in [0.29, 0.717) is 5.92 Å². The Bertz CT molecular complexity index is 583. The average Bonchev–Trinajstić information content (AvgIpc) is 2.85. The molecular weight excluding hydrogens is 264 g/mol. The Morgan fingerprint density at radius 1 is 1.38 bits per heavy atom. The predicted octanol–water partition coefficient (Wildman–Crippen LogP) is 3.75. The number of fused-ring (bicyclic) bond motifs is 1. The molecule has 1 aromatic rings. The van der Waals surface area contributed by atoms with Crippen LogP contribution >= 0.6 is 0 Å². The lowest BCUT2D eigenvalue weighted by Crippen LogP contribution is -2.50. The summed E-state index contributed by atoms with van der Waals surface area (Å²) in [5.74, 6) is 2.39. The van der Waals surface area contributed by atoms with Crippen molar-refractivity contribution in [2.24, 2.45) is 17.3 Å². The molecular formula is C18H24O3. The van der Waals surface area contributed by atoms with Crippen LogP contribution in [0.5, 0.6) is 0 Å². The second-order valence-corrected chi connectivity index (χ2v) is 6.97. The van der Waals surface area contributed by atoms with Crippen molar-refractivity contribution in [1.82, 2.24) is 0 Å². The first-order chi connectivity index (χ1) is 9.91. The summed E-state index contributed by atoms with van der Waals surface area (Å²) in [6.45, 7) is 6.08. The van der Waals surface area contributed by atoms with Gasteiger partial charge in [-0.05, 0) is 68.2 Å². The zero-order chi connectivity index (χ0) is 15.2. The number of aryl methyl sites for hydroxylation is 1. The standard InChI is InChI=1S/C18H24O3/c1-11-4-6-14(21-11)10-13-5-7-15-12(2)16(19)8-9-18(15,3)17(13)20/h4,6,10,12,15-16,19H,5,7-9H2,1-3H3/t12-,15?,16?,18-/m0/s1. The maximum atomic E-state index is 13.0. The fourth-order valence-electron chi connectivity index (χ4n) is 4.24. The number of furan rings is 1. The lowest BCUT2D eigenvalue weighted by Gasteiger charge is -2.49. The molecule has 1 heterocycles. The third kappa shape index (κ3) is 2.38. The molecule has 1 aromatic heterocycles. The van der Waals surface area contributed by atoms with Gasteiger partial charge in [0.15, 0.2) is 5.78 Å². The van der Waals surface area contributed by atoms with Gasteiger partial charge >= 0.3 is 0 Å². The van der Waals surface area contributed by atoms with Crippen molar-refractivity contribution in [2.75, 3.05) is 0 Å². The highest BCUT2D eigenvalue weighted by molar-refractivity contribution is 6.04. The monoisotopic (exact) mass is 288 g/mol. The van der Waals surface area contributed by atoms with Crippen molar-refractivity contribution in [3.63, 3.8) is 0 Å². The highest BCUT2D eigenvalue weighted by atomic mass is 16.3. The van der Waals surface area contributed by atoms with Gasteiger partial charge in [-0.25, -0.2) is 0 Å². The Balaban J connectivity index is 1.89. The van der Waals surface area contributed by atoms with Crippen LogP contribution in [0, 0.1) is 24.2 Å². The van der Waals surface area contributed by atoms with E-state index in [4.69, 9.17) is 4.42 Å². The minimum atomic E-state index is -0.315. The summed E-state index contributed by atoms with van der Waals surface area (Å²) < 4.78 is 5.57. The second kappa shape index (κ2) is 5.13.